The molecule has 23 heavy (non-hydrogen) atoms. The van der Waals surface area contributed by atoms with E-state index in [1.807, 2.05) is 0 Å². The van der Waals surface area contributed by atoms with Crippen LogP contribution in [-0.2, 0) is 19.1 Å². The standard InChI is InChI=1S/C10H18O2.C9H16O2/c1-4-5-6-7-8-12-10(11)9(2)3;1-3-5-6-7-8-11-9(10)4-2/h2,4-8H2,1,3H3;4H,2-3,5-8H2,1H3. The zero-order valence-electron chi connectivity index (χ0n) is 15.2. The van der Waals surface area contributed by atoms with Crippen LogP contribution in [0.4, 0.5) is 0 Å². The van der Waals surface area contributed by atoms with Crippen molar-refractivity contribution in [1.82, 2.24) is 0 Å². The Hall–Kier alpha value is -1.58. The van der Waals surface area contributed by atoms with Gasteiger partial charge in [-0.3, -0.25) is 0 Å². The van der Waals surface area contributed by atoms with Crippen LogP contribution in [-0.4, -0.2) is 25.2 Å². The summed E-state index contributed by atoms with van der Waals surface area (Å²) in [6.07, 6.45) is 10.2. The van der Waals surface area contributed by atoms with Crippen molar-refractivity contribution in [2.24, 2.45) is 0 Å². The van der Waals surface area contributed by atoms with Crippen LogP contribution in [0.5, 0.6) is 0 Å². The molecule has 0 amide bonds. The lowest BCUT2D eigenvalue weighted by Gasteiger charge is -2.02. The minimum Gasteiger partial charge on any atom is -0.463 e. The third-order valence-corrected chi connectivity index (χ3v) is 2.99. The summed E-state index contributed by atoms with van der Waals surface area (Å²) in [4.78, 5) is 21.4. The Morgan fingerprint density at radius 1 is 0.870 bits per heavy atom. The van der Waals surface area contributed by atoms with E-state index in [4.69, 9.17) is 9.47 Å². The first-order valence-electron chi connectivity index (χ1n) is 8.61. The molecule has 0 aliphatic carbocycles. The zero-order chi connectivity index (χ0) is 17.9. The van der Waals surface area contributed by atoms with Gasteiger partial charge in [0.05, 0.1) is 13.2 Å². The van der Waals surface area contributed by atoms with E-state index in [9.17, 15) is 9.59 Å². The van der Waals surface area contributed by atoms with Crippen molar-refractivity contribution >= 4 is 11.9 Å². The van der Waals surface area contributed by atoms with Gasteiger partial charge in [-0.1, -0.05) is 65.5 Å². The second kappa shape index (κ2) is 18.5. The van der Waals surface area contributed by atoms with Crippen molar-refractivity contribution < 1.29 is 19.1 Å². The molecular formula is C19H34O4. The maximum atomic E-state index is 10.9. The zero-order valence-corrected chi connectivity index (χ0v) is 15.2. The van der Waals surface area contributed by atoms with Gasteiger partial charge in [-0.25, -0.2) is 9.59 Å². The number of carbonyl (C=O) groups is 2. The number of carbonyl (C=O) groups excluding carboxylic acids is 2. The van der Waals surface area contributed by atoms with Gasteiger partial charge >= 0.3 is 11.9 Å². The van der Waals surface area contributed by atoms with Gasteiger partial charge in [0.2, 0.25) is 0 Å². The Kier molecular flexibility index (Phi) is 19.0. The van der Waals surface area contributed by atoms with Gasteiger partial charge in [-0.15, -0.1) is 0 Å². The fraction of sp³-hybridized carbons (Fsp3) is 0.684. The number of ether oxygens (including phenoxy) is 2. The minimum absolute atomic E-state index is 0.272. The summed E-state index contributed by atoms with van der Waals surface area (Å²) in [5, 5.41) is 0. The molecule has 0 aromatic carbocycles. The maximum Gasteiger partial charge on any atom is 0.333 e. The van der Waals surface area contributed by atoms with Gasteiger partial charge in [-0.2, -0.15) is 0 Å². The van der Waals surface area contributed by atoms with Crippen LogP contribution in [0.1, 0.15) is 72.1 Å². The van der Waals surface area contributed by atoms with Gasteiger partial charge < -0.3 is 9.47 Å². The molecule has 0 atom stereocenters. The second-order valence-corrected chi connectivity index (χ2v) is 5.41. The van der Waals surface area contributed by atoms with Crippen molar-refractivity contribution in [3.8, 4) is 0 Å². The quantitative estimate of drug-likeness (QED) is 0.288. The summed E-state index contributed by atoms with van der Waals surface area (Å²) in [6.45, 7) is 13.8. The van der Waals surface area contributed by atoms with E-state index in [1.54, 1.807) is 6.92 Å². The molecule has 0 spiro atoms. The average molecular weight is 326 g/mol. The first-order valence-corrected chi connectivity index (χ1v) is 8.61. The Bertz CT molecular complexity index is 334. The topological polar surface area (TPSA) is 52.6 Å². The largest absolute Gasteiger partial charge is 0.463 e. The molecule has 4 nitrogen and oxygen atoms in total. The van der Waals surface area contributed by atoms with Crippen LogP contribution in [0.15, 0.2) is 24.8 Å². The molecule has 0 bridgehead atoms. The highest BCUT2D eigenvalue weighted by atomic mass is 16.5. The summed E-state index contributed by atoms with van der Waals surface area (Å²) >= 11 is 0. The molecule has 0 aliphatic heterocycles. The molecule has 0 fully saturated rings. The van der Waals surface area contributed by atoms with E-state index < -0.39 is 0 Å². The Balaban J connectivity index is 0. The third kappa shape index (κ3) is 20.4. The normalized spacial score (nSPS) is 9.35. The summed E-state index contributed by atoms with van der Waals surface area (Å²) in [5.74, 6) is -0.590. The lowest BCUT2D eigenvalue weighted by Crippen LogP contribution is -2.05. The van der Waals surface area contributed by atoms with Gasteiger partial charge in [0.15, 0.2) is 0 Å². The van der Waals surface area contributed by atoms with Crippen molar-refractivity contribution in [3.63, 3.8) is 0 Å². The van der Waals surface area contributed by atoms with E-state index in [0.29, 0.717) is 18.8 Å². The van der Waals surface area contributed by atoms with Crippen molar-refractivity contribution in [2.45, 2.75) is 72.1 Å². The Labute approximate surface area is 141 Å². The number of unbranched alkanes of at least 4 members (excludes halogenated alkanes) is 6. The maximum absolute atomic E-state index is 10.9. The lowest BCUT2D eigenvalue weighted by molar-refractivity contribution is -0.139. The molecule has 0 rings (SSSR count). The molecule has 0 saturated heterocycles. The molecule has 0 heterocycles. The summed E-state index contributed by atoms with van der Waals surface area (Å²) < 4.78 is 9.69. The molecule has 0 N–H and O–H groups in total. The van der Waals surface area contributed by atoms with E-state index in [2.05, 4.69) is 27.0 Å². The van der Waals surface area contributed by atoms with E-state index >= 15 is 0 Å². The van der Waals surface area contributed by atoms with Crippen LogP contribution in [0.2, 0.25) is 0 Å². The Morgan fingerprint density at radius 2 is 1.35 bits per heavy atom. The van der Waals surface area contributed by atoms with Crippen molar-refractivity contribution in [3.05, 3.63) is 24.8 Å². The van der Waals surface area contributed by atoms with Crippen molar-refractivity contribution in [2.75, 3.05) is 13.2 Å². The van der Waals surface area contributed by atoms with E-state index in [0.717, 1.165) is 25.7 Å². The molecule has 134 valence electrons. The molecule has 0 aromatic heterocycles. The highest BCUT2D eigenvalue weighted by molar-refractivity contribution is 5.86. The summed E-state index contributed by atoms with van der Waals surface area (Å²) in [7, 11) is 0. The smallest absolute Gasteiger partial charge is 0.333 e. The minimum atomic E-state index is -0.318. The molecule has 0 unspecified atom stereocenters. The predicted octanol–water partition coefficient (Wildman–Crippen LogP) is 4.98. The monoisotopic (exact) mass is 326 g/mol. The number of rotatable bonds is 12. The summed E-state index contributed by atoms with van der Waals surface area (Å²) in [5.41, 5.74) is 0.477. The van der Waals surface area contributed by atoms with Crippen LogP contribution in [0, 0.1) is 0 Å². The lowest BCUT2D eigenvalue weighted by atomic mass is 10.2. The van der Waals surface area contributed by atoms with E-state index in [-0.39, 0.29) is 11.9 Å². The average Bonchev–Trinajstić information content (AvgIpc) is 2.54. The SMILES string of the molecule is C=C(C)C(=O)OCCCCCC.C=CC(=O)OCCCCCC. The van der Waals surface area contributed by atoms with Crippen LogP contribution >= 0.6 is 0 Å². The van der Waals surface area contributed by atoms with E-state index in [1.165, 1.54) is 31.8 Å². The third-order valence-electron chi connectivity index (χ3n) is 2.99. The summed E-state index contributed by atoms with van der Waals surface area (Å²) in [6, 6.07) is 0. The van der Waals surface area contributed by atoms with Crippen molar-refractivity contribution in [1.29, 1.82) is 0 Å². The number of hydrogen-bond donors (Lipinski definition) is 0. The molecule has 4 heteroatoms. The first kappa shape index (κ1) is 23.7. The first-order chi connectivity index (χ1) is 11.0. The molecule has 0 radical (unpaired) electrons. The van der Waals surface area contributed by atoms with Crippen LogP contribution in [0.3, 0.4) is 0 Å². The molecule has 0 saturated carbocycles. The van der Waals surface area contributed by atoms with Gasteiger partial charge in [0.1, 0.15) is 0 Å². The Morgan fingerprint density at radius 3 is 1.74 bits per heavy atom. The van der Waals surface area contributed by atoms with Crippen LogP contribution < -0.4 is 0 Å². The van der Waals surface area contributed by atoms with Gasteiger partial charge in [-0.05, 0) is 19.8 Å². The number of esters is 2. The van der Waals surface area contributed by atoms with Crippen LogP contribution in [0.25, 0.3) is 0 Å². The predicted molar refractivity (Wildman–Crippen MR) is 95.2 cm³/mol. The second-order valence-electron chi connectivity index (χ2n) is 5.41. The highest BCUT2D eigenvalue weighted by Gasteiger charge is 2.01. The fourth-order valence-electron chi connectivity index (χ4n) is 1.58. The molecular weight excluding hydrogens is 292 g/mol. The number of hydrogen-bond acceptors (Lipinski definition) is 4. The fourth-order valence-corrected chi connectivity index (χ4v) is 1.58. The van der Waals surface area contributed by atoms with Gasteiger partial charge in [0.25, 0.3) is 0 Å². The van der Waals surface area contributed by atoms with Gasteiger partial charge in [0, 0.05) is 11.6 Å². The molecule has 0 aliphatic rings. The highest BCUT2D eigenvalue weighted by Crippen LogP contribution is 2.00. The molecule has 0 aromatic rings.